The average molecular weight is 239 g/mol. The van der Waals surface area contributed by atoms with Crippen molar-refractivity contribution < 1.29 is 14.4 Å². The van der Waals surface area contributed by atoms with Gasteiger partial charge in [-0.25, -0.2) is 4.79 Å². The second-order valence-electron chi connectivity index (χ2n) is 4.70. The molecule has 1 saturated carbocycles. The minimum atomic E-state index is -0.565. The molecule has 2 aliphatic rings. The largest absolute Gasteiger partial charge is 0.467 e. The molecule has 1 heterocycles. The summed E-state index contributed by atoms with van der Waals surface area (Å²) in [5, 5.41) is 2.00. The Morgan fingerprint density at radius 1 is 1.35 bits per heavy atom. The van der Waals surface area contributed by atoms with Gasteiger partial charge in [0.1, 0.15) is 0 Å². The van der Waals surface area contributed by atoms with E-state index in [1.165, 1.54) is 39.2 Å². The van der Waals surface area contributed by atoms with Crippen molar-refractivity contribution in [3.8, 4) is 0 Å². The van der Waals surface area contributed by atoms with E-state index in [0.717, 1.165) is 13.0 Å². The minimum Gasteiger partial charge on any atom is -0.467 e. The summed E-state index contributed by atoms with van der Waals surface area (Å²) < 4.78 is 4.74. The molecular formula is C13H21NO3. The molecule has 0 spiro atoms. The highest BCUT2D eigenvalue weighted by molar-refractivity contribution is 5.76. The Hall–Kier alpha value is -0.870. The first-order chi connectivity index (χ1) is 8.31. The number of nitrogens with zero attached hydrogens (tertiary/aromatic N) is 1. The summed E-state index contributed by atoms with van der Waals surface area (Å²) in [6.07, 6.45) is 10.4. The average Bonchev–Trinajstić information content (AvgIpc) is 2.64. The van der Waals surface area contributed by atoms with Crippen molar-refractivity contribution in [2.24, 2.45) is 0 Å². The zero-order valence-electron chi connectivity index (χ0n) is 10.4. The van der Waals surface area contributed by atoms with E-state index >= 15 is 0 Å². The third-order valence-electron chi connectivity index (χ3n) is 3.49. The van der Waals surface area contributed by atoms with Crippen molar-refractivity contribution in [3.05, 3.63) is 12.2 Å². The Labute approximate surface area is 103 Å². The van der Waals surface area contributed by atoms with Crippen LogP contribution in [0.2, 0.25) is 0 Å². The molecule has 0 aromatic carbocycles. The predicted molar refractivity (Wildman–Crippen MR) is 64.2 cm³/mol. The van der Waals surface area contributed by atoms with E-state index < -0.39 is 6.10 Å². The Balaban J connectivity index is 1.96. The lowest BCUT2D eigenvalue weighted by Gasteiger charge is -2.33. The van der Waals surface area contributed by atoms with E-state index in [-0.39, 0.29) is 5.97 Å². The number of hydroxylamine groups is 2. The van der Waals surface area contributed by atoms with Gasteiger partial charge in [-0.3, -0.25) is 4.84 Å². The van der Waals surface area contributed by atoms with Gasteiger partial charge in [0.05, 0.1) is 7.11 Å². The van der Waals surface area contributed by atoms with Crippen LogP contribution in [0.3, 0.4) is 0 Å². The maximum Gasteiger partial charge on any atom is 0.341 e. The summed E-state index contributed by atoms with van der Waals surface area (Å²) in [5.41, 5.74) is 0. The topological polar surface area (TPSA) is 38.8 Å². The first-order valence-corrected chi connectivity index (χ1v) is 6.49. The van der Waals surface area contributed by atoms with Crippen molar-refractivity contribution in [2.45, 2.75) is 50.7 Å². The first-order valence-electron chi connectivity index (χ1n) is 6.49. The fourth-order valence-corrected chi connectivity index (χ4v) is 2.53. The number of hydrogen-bond acceptors (Lipinski definition) is 4. The molecule has 1 unspecified atom stereocenters. The third kappa shape index (κ3) is 3.30. The van der Waals surface area contributed by atoms with Gasteiger partial charge in [-0.05, 0) is 25.3 Å². The van der Waals surface area contributed by atoms with E-state index in [2.05, 4.69) is 0 Å². The van der Waals surface area contributed by atoms with Crippen LogP contribution in [0.4, 0.5) is 0 Å². The summed E-state index contributed by atoms with van der Waals surface area (Å²) in [5.74, 6) is -0.316. The van der Waals surface area contributed by atoms with Gasteiger partial charge in [-0.15, -0.1) is 0 Å². The number of ether oxygens (including phenoxy) is 1. The monoisotopic (exact) mass is 239 g/mol. The Morgan fingerprint density at radius 3 is 2.82 bits per heavy atom. The van der Waals surface area contributed by atoms with Crippen molar-refractivity contribution in [2.75, 3.05) is 13.7 Å². The summed E-state index contributed by atoms with van der Waals surface area (Å²) in [7, 11) is 1.40. The Kier molecular flexibility index (Phi) is 4.57. The highest BCUT2D eigenvalue weighted by Gasteiger charge is 2.28. The summed E-state index contributed by atoms with van der Waals surface area (Å²) in [4.78, 5) is 17.3. The summed E-state index contributed by atoms with van der Waals surface area (Å²) >= 11 is 0. The van der Waals surface area contributed by atoms with Gasteiger partial charge in [-0.2, -0.15) is 5.06 Å². The van der Waals surface area contributed by atoms with Crippen LogP contribution in [0.25, 0.3) is 0 Å². The SMILES string of the molecule is COC(=O)C1C=CCCN(C2CCCCC2)O1. The normalized spacial score (nSPS) is 27.7. The molecule has 0 bridgehead atoms. The number of rotatable bonds is 2. The maximum atomic E-state index is 11.5. The van der Waals surface area contributed by atoms with Crippen molar-refractivity contribution >= 4 is 5.97 Å². The molecular weight excluding hydrogens is 218 g/mol. The highest BCUT2D eigenvalue weighted by Crippen LogP contribution is 2.24. The van der Waals surface area contributed by atoms with Crippen LogP contribution in [0, 0.1) is 0 Å². The molecule has 1 aliphatic heterocycles. The molecule has 0 saturated heterocycles. The quantitative estimate of drug-likeness (QED) is 0.546. The van der Waals surface area contributed by atoms with Crippen molar-refractivity contribution in [3.63, 3.8) is 0 Å². The number of methoxy groups -OCH3 is 1. The molecule has 2 rings (SSSR count). The lowest BCUT2D eigenvalue weighted by molar-refractivity contribution is -0.219. The third-order valence-corrected chi connectivity index (χ3v) is 3.49. The summed E-state index contributed by atoms with van der Waals surface area (Å²) in [6, 6.07) is 0.468. The van der Waals surface area contributed by atoms with Gasteiger partial charge in [0.25, 0.3) is 0 Å². The molecule has 96 valence electrons. The number of carbonyl (C=O) groups excluding carboxylic acids is 1. The van der Waals surface area contributed by atoms with Gasteiger partial charge in [0.2, 0.25) is 0 Å². The molecule has 4 nitrogen and oxygen atoms in total. The lowest BCUT2D eigenvalue weighted by Crippen LogP contribution is -2.41. The van der Waals surface area contributed by atoms with Crippen molar-refractivity contribution in [1.29, 1.82) is 0 Å². The molecule has 1 atom stereocenters. The molecule has 17 heavy (non-hydrogen) atoms. The van der Waals surface area contributed by atoms with E-state index in [1.807, 2.05) is 11.1 Å². The Morgan fingerprint density at radius 2 is 2.12 bits per heavy atom. The van der Waals surface area contributed by atoms with Crippen LogP contribution in [0.15, 0.2) is 12.2 Å². The second-order valence-corrected chi connectivity index (χ2v) is 4.70. The van der Waals surface area contributed by atoms with E-state index in [9.17, 15) is 4.79 Å². The number of esters is 1. The van der Waals surface area contributed by atoms with Crippen LogP contribution in [-0.2, 0) is 14.4 Å². The number of hydrogen-bond donors (Lipinski definition) is 0. The molecule has 0 radical (unpaired) electrons. The van der Waals surface area contributed by atoms with E-state index in [1.54, 1.807) is 6.08 Å². The minimum absolute atomic E-state index is 0.316. The molecule has 1 aliphatic carbocycles. The molecule has 0 amide bonds. The van der Waals surface area contributed by atoms with E-state index in [4.69, 9.17) is 9.57 Å². The smallest absolute Gasteiger partial charge is 0.341 e. The van der Waals surface area contributed by atoms with Crippen LogP contribution in [0.5, 0.6) is 0 Å². The van der Waals surface area contributed by atoms with Crippen LogP contribution in [-0.4, -0.2) is 36.8 Å². The predicted octanol–water partition coefficient (Wildman–Crippen LogP) is 2.05. The zero-order chi connectivity index (χ0) is 12.1. The second kappa shape index (κ2) is 6.17. The van der Waals surface area contributed by atoms with Crippen LogP contribution >= 0.6 is 0 Å². The lowest BCUT2D eigenvalue weighted by atomic mass is 9.95. The Bertz CT molecular complexity index is 284. The van der Waals surface area contributed by atoms with Gasteiger partial charge in [0.15, 0.2) is 6.10 Å². The van der Waals surface area contributed by atoms with Crippen molar-refractivity contribution in [1.82, 2.24) is 5.06 Å². The molecule has 0 aromatic heterocycles. The van der Waals surface area contributed by atoms with Gasteiger partial charge < -0.3 is 4.74 Å². The molecule has 1 fully saturated rings. The molecule has 0 N–H and O–H groups in total. The fourth-order valence-electron chi connectivity index (χ4n) is 2.53. The number of carbonyl (C=O) groups is 1. The molecule has 0 aromatic rings. The summed E-state index contributed by atoms with van der Waals surface area (Å²) in [6.45, 7) is 0.870. The standard InChI is InChI=1S/C13H21NO3/c1-16-13(15)12-9-5-6-10-14(17-12)11-7-3-2-4-8-11/h5,9,11-12H,2-4,6-8,10H2,1H3. The van der Waals surface area contributed by atoms with Gasteiger partial charge in [0, 0.05) is 12.6 Å². The van der Waals surface area contributed by atoms with Crippen LogP contribution in [0.1, 0.15) is 38.5 Å². The zero-order valence-corrected chi connectivity index (χ0v) is 10.4. The van der Waals surface area contributed by atoms with E-state index in [0.29, 0.717) is 6.04 Å². The van der Waals surface area contributed by atoms with Gasteiger partial charge in [-0.1, -0.05) is 25.3 Å². The maximum absolute atomic E-state index is 11.5. The first kappa shape index (κ1) is 12.6. The van der Waals surface area contributed by atoms with Gasteiger partial charge >= 0.3 is 5.97 Å². The molecule has 4 heteroatoms. The van der Waals surface area contributed by atoms with Crippen LogP contribution < -0.4 is 0 Å². The fraction of sp³-hybridized carbons (Fsp3) is 0.769. The highest BCUT2D eigenvalue weighted by atomic mass is 16.7.